The second-order valence-corrected chi connectivity index (χ2v) is 8.56. The molecule has 0 aromatic heterocycles. The predicted molar refractivity (Wildman–Crippen MR) is 101 cm³/mol. The van der Waals surface area contributed by atoms with Crippen LogP contribution >= 0.6 is 0 Å². The minimum absolute atomic E-state index is 0.227. The topological polar surface area (TPSA) is 84.5 Å². The zero-order valence-electron chi connectivity index (χ0n) is 16.0. The molecule has 0 radical (unpaired) electrons. The van der Waals surface area contributed by atoms with Crippen molar-refractivity contribution in [1.82, 2.24) is 0 Å². The van der Waals surface area contributed by atoms with Crippen LogP contribution in [0.2, 0.25) is 0 Å². The molecule has 2 aromatic rings. The Morgan fingerprint density at radius 1 is 0.969 bits per heavy atom. The van der Waals surface area contributed by atoms with Crippen LogP contribution in [0.25, 0.3) is 0 Å². The van der Waals surface area contributed by atoms with Gasteiger partial charge in [-0.15, -0.1) is 0 Å². The van der Waals surface area contributed by atoms with Crippen molar-refractivity contribution in [2.45, 2.75) is 36.2 Å². The highest BCUT2D eigenvalue weighted by atomic mass is 32.2. The van der Waals surface area contributed by atoms with Gasteiger partial charge in [-0.1, -0.05) is 0 Å². The van der Waals surface area contributed by atoms with E-state index in [9.17, 15) is 39.6 Å². The lowest BCUT2D eigenvalue weighted by molar-refractivity contribution is -0.138. The Balaban J connectivity index is 1.87. The molecule has 1 saturated heterocycles. The summed E-state index contributed by atoms with van der Waals surface area (Å²) in [5.41, 5.74) is -3.58. The Bertz CT molecular complexity index is 1090. The maximum atomic E-state index is 13.5. The third kappa shape index (κ3) is 5.51. The van der Waals surface area contributed by atoms with E-state index >= 15 is 0 Å². The zero-order valence-corrected chi connectivity index (χ0v) is 16.9. The average molecular weight is 482 g/mol. The molecule has 0 spiro atoms. The fourth-order valence-corrected chi connectivity index (χ4v) is 4.06. The third-order valence-corrected chi connectivity index (χ3v) is 5.93. The molecule has 0 bridgehead atoms. The molecule has 13 heteroatoms. The first-order chi connectivity index (χ1) is 14.8. The van der Waals surface area contributed by atoms with Gasteiger partial charge in [0, 0.05) is 12.3 Å². The SMILES string of the molecule is O=C(Nc1ccc(NS(=O)(=O)c2ccc(C(F)(F)F)cc2)c(C(F)(F)F)c1)C1CCCO1. The number of rotatable bonds is 5. The second kappa shape index (κ2) is 8.62. The van der Waals surface area contributed by atoms with Gasteiger partial charge in [-0.25, -0.2) is 8.42 Å². The number of hydrogen-bond donors (Lipinski definition) is 2. The largest absolute Gasteiger partial charge is 0.418 e. The maximum absolute atomic E-state index is 13.5. The van der Waals surface area contributed by atoms with E-state index < -0.39 is 56.1 Å². The molecule has 0 aliphatic carbocycles. The number of sulfonamides is 1. The molecule has 3 rings (SSSR count). The summed E-state index contributed by atoms with van der Waals surface area (Å²) in [6.07, 6.45) is -9.44. The predicted octanol–water partition coefficient (Wildman–Crippen LogP) is 4.64. The number of benzene rings is 2. The highest BCUT2D eigenvalue weighted by molar-refractivity contribution is 7.92. The molecule has 1 unspecified atom stereocenters. The van der Waals surface area contributed by atoms with Crippen molar-refractivity contribution in [3.63, 3.8) is 0 Å². The number of alkyl halides is 6. The van der Waals surface area contributed by atoms with E-state index in [1.165, 1.54) is 0 Å². The molecular formula is C19H16F6N2O4S. The number of hydrogen-bond acceptors (Lipinski definition) is 4. The number of anilines is 2. The minimum Gasteiger partial charge on any atom is -0.368 e. The van der Waals surface area contributed by atoms with Crippen molar-refractivity contribution in [2.75, 3.05) is 16.6 Å². The Morgan fingerprint density at radius 3 is 2.16 bits per heavy atom. The Labute approximate surface area is 178 Å². The minimum atomic E-state index is -5.00. The molecule has 1 aliphatic rings. The molecule has 2 aromatic carbocycles. The van der Waals surface area contributed by atoms with Crippen LogP contribution in [0.15, 0.2) is 47.4 Å². The molecule has 1 atom stereocenters. The standard InChI is InChI=1S/C19H16F6N2O4S/c20-18(21,22)11-3-6-13(7-4-11)32(29,30)27-15-8-5-12(10-14(15)19(23,24)25)26-17(28)16-2-1-9-31-16/h3-8,10,16,27H,1-2,9H2,(H,26,28). The van der Waals surface area contributed by atoms with Crippen molar-refractivity contribution in [1.29, 1.82) is 0 Å². The summed E-state index contributed by atoms with van der Waals surface area (Å²) in [5, 5.41) is 2.29. The van der Waals surface area contributed by atoms with E-state index in [4.69, 9.17) is 4.74 Å². The number of carbonyl (C=O) groups excluding carboxylic acids is 1. The first kappa shape index (κ1) is 23.9. The van der Waals surface area contributed by atoms with Gasteiger partial charge in [0.25, 0.3) is 15.9 Å². The molecule has 32 heavy (non-hydrogen) atoms. The van der Waals surface area contributed by atoms with Crippen LogP contribution in [0, 0.1) is 0 Å². The van der Waals surface area contributed by atoms with Crippen LogP contribution < -0.4 is 10.0 Å². The number of amides is 1. The second-order valence-electron chi connectivity index (χ2n) is 6.88. The molecule has 1 heterocycles. The van der Waals surface area contributed by atoms with Crippen molar-refractivity contribution in [3.8, 4) is 0 Å². The van der Waals surface area contributed by atoms with Gasteiger partial charge in [-0.2, -0.15) is 26.3 Å². The fourth-order valence-electron chi connectivity index (χ4n) is 2.98. The smallest absolute Gasteiger partial charge is 0.368 e. The Morgan fingerprint density at radius 2 is 1.62 bits per heavy atom. The Kier molecular flexibility index (Phi) is 6.43. The van der Waals surface area contributed by atoms with Crippen molar-refractivity contribution < 1.29 is 44.3 Å². The number of carbonyl (C=O) groups is 1. The highest BCUT2D eigenvalue weighted by Gasteiger charge is 2.36. The lowest BCUT2D eigenvalue weighted by Gasteiger charge is -2.17. The third-order valence-electron chi connectivity index (χ3n) is 4.55. The van der Waals surface area contributed by atoms with Crippen LogP contribution in [0.3, 0.4) is 0 Å². The molecule has 2 N–H and O–H groups in total. The van der Waals surface area contributed by atoms with E-state index in [1.54, 1.807) is 4.72 Å². The van der Waals surface area contributed by atoms with Crippen LogP contribution in [0.4, 0.5) is 37.7 Å². The molecule has 0 saturated carbocycles. The summed E-state index contributed by atoms with van der Waals surface area (Å²) in [5.74, 6) is -0.631. The molecule has 174 valence electrons. The van der Waals surface area contributed by atoms with Crippen LogP contribution in [-0.4, -0.2) is 27.0 Å². The van der Waals surface area contributed by atoms with Crippen LogP contribution in [-0.2, 0) is 31.9 Å². The molecule has 1 amide bonds. The highest BCUT2D eigenvalue weighted by Crippen LogP contribution is 2.38. The summed E-state index contributed by atoms with van der Waals surface area (Å²) in [7, 11) is -4.63. The number of nitrogens with one attached hydrogen (secondary N) is 2. The van der Waals surface area contributed by atoms with Gasteiger partial charge in [0.15, 0.2) is 0 Å². The summed E-state index contributed by atoms with van der Waals surface area (Å²) >= 11 is 0. The monoisotopic (exact) mass is 482 g/mol. The van der Waals surface area contributed by atoms with Crippen LogP contribution in [0.5, 0.6) is 0 Å². The van der Waals surface area contributed by atoms with E-state index in [0.717, 1.165) is 12.1 Å². The molecule has 1 fully saturated rings. The van der Waals surface area contributed by atoms with Gasteiger partial charge in [0.2, 0.25) is 0 Å². The van der Waals surface area contributed by atoms with Gasteiger partial charge < -0.3 is 10.1 Å². The summed E-state index contributed by atoms with van der Waals surface area (Å²) in [6.45, 7) is 0.358. The fraction of sp³-hybridized carbons (Fsp3) is 0.316. The average Bonchev–Trinajstić information content (AvgIpc) is 3.22. The molecule has 6 nitrogen and oxygen atoms in total. The van der Waals surface area contributed by atoms with E-state index in [0.29, 0.717) is 49.8 Å². The van der Waals surface area contributed by atoms with E-state index in [1.807, 2.05) is 0 Å². The summed E-state index contributed by atoms with van der Waals surface area (Å²) in [6, 6.07) is 4.69. The lowest BCUT2D eigenvalue weighted by Crippen LogP contribution is -2.27. The zero-order chi connectivity index (χ0) is 23.7. The molecule has 1 aliphatic heterocycles. The van der Waals surface area contributed by atoms with E-state index in [2.05, 4.69) is 5.32 Å². The summed E-state index contributed by atoms with van der Waals surface area (Å²) in [4.78, 5) is 11.4. The van der Waals surface area contributed by atoms with E-state index in [-0.39, 0.29) is 5.69 Å². The summed E-state index contributed by atoms with van der Waals surface area (Å²) < 4.78 is 110. The van der Waals surface area contributed by atoms with Crippen LogP contribution in [0.1, 0.15) is 24.0 Å². The lowest BCUT2D eigenvalue weighted by atomic mass is 10.1. The van der Waals surface area contributed by atoms with Crippen molar-refractivity contribution in [3.05, 3.63) is 53.6 Å². The quantitative estimate of drug-likeness (QED) is 0.608. The Hall–Kier alpha value is -2.80. The molecular weight excluding hydrogens is 466 g/mol. The first-order valence-corrected chi connectivity index (χ1v) is 10.6. The number of halogens is 6. The van der Waals surface area contributed by atoms with Gasteiger partial charge in [-0.05, 0) is 55.3 Å². The normalized spacial score (nSPS) is 17.2. The van der Waals surface area contributed by atoms with Gasteiger partial charge in [-0.3, -0.25) is 9.52 Å². The van der Waals surface area contributed by atoms with Gasteiger partial charge >= 0.3 is 12.4 Å². The van der Waals surface area contributed by atoms with Crippen molar-refractivity contribution in [2.24, 2.45) is 0 Å². The first-order valence-electron chi connectivity index (χ1n) is 9.11. The van der Waals surface area contributed by atoms with Crippen molar-refractivity contribution >= 4 is 27.3 Å². The van der Waals surface area contributed by atoms with Gasteiger partial charge in [0.1, 0.15) is 6.10 Å². The van der Waals surface area contributed by atoms with Gasteiger partial charge in [0.05, 0.1) is 21.7 Å². The number of ether oxygens (including phenoxy) is 1. The maximum Gasteiger partial charge on any atom is 0.418 e.